The molecule has 12 heavy (non-hydrogen) atoms. The Morgan fingerprint density at radius 3 is 2.50 bits per heavy atom. The van der Waals surface area contributed by atoms with Gasteiger partial charge in [0.05, 0.1) is 0 Å². The summed E-state index contributed by atoms with van der Waals surface area (Å²) in [7, 11) is 0. The van der Waals surface area contributed by atoms with E-state index in [2.05, 4.69) is 45.9 Å². The van der Waals surface area contributed by atoms with E-state index in [9.17, 15) is 0 Å². The van der Waals surface area contributed by atoms with Crippen LogP contribution in [-0.4, -0.2) is 0 Å². The van der Waals surface area contributed by atoms with E-state index in [0.717, 1.165) is 5.92 Å². The van der Waals surface area contributed by atoms with Gasteiger partial charge < -0.3 is 0 Å². The van der Waals surface area contributed by atoms with Crippen LogP contribution < -0.4 is 0 Å². The second kappa shape index (κ2) is 7.15. The van der Waals surface area contributed by atoms with Crippen molar-refractivity contribution < 1.29 is 0 Å². The van der Waals surface area contributed by atoms with E-state index in [4.69, 9.17) is 0 Å². The molecule has 0 saturated carbocycles. The average molecular weight is 166 g/mol. The highest BCUT2D eigenvalue weighted by molar-refractivity contribution is 5.10. The van der Waals surface area contributed by atoms with E-state index in [1.807, 2.05) is 0 Å². The Hall–Kier alpha value is -0.520. The van der Waals surface area contributed by atoms with E-state index < -0.39 is 0 Å². The molecule has 0 aliphatic rings. The predicted octanol–water partition coefficient (Wildman–Crippen LogP) is 4.34. The highest BCUT2D eigenvalue weighted by Gasteiger charge is 1.86. The molecule has 0 heteroatoms. The van der Waals surface area contributed by atoms with Gasteiger partial charge in [0, 0.05) is 0 Å². The van der Waals surface area contributed by atoms with E-state index in [0.29, 0.717) is 0 Å². The molecule has 0 rings (SSSR count). The molecule has 0 heterocycles. The highest BCUT2D eigenvalue weighted by Crippen LogP contribution is 2.04. The van der Waals surface area contributed by atoms with Crippen molar-refractivity contribution >= 4 is 0 Å². The normalized spacial score (nSPS) is 13.2. The standard InChI is InChI=1S/C12H22/c1-5-8-12(4)10-7-6-9-11(2)3/h6-7,10-11H,5,8-9H2,1-4H3. The lowest BCUT2D eigenvalue weighted by atomic mass is 10.1. The summed E-state index contributed by atoms with van der Waals surface area (Å²) in [6, 6.07) is 0. The molecule has 0 bridgehead atoms. The zero-order valence-corrected chi connectivity index (χ0v) is 8.93. The zero-order chi connectivity index (χ0) is 9.40. The Balaban J connectivity index is 3.63. The van der Waals surface area contributed by atoms with Gasteiger partial charge in [0.15, 0.2) is 0 Å². The van der Waals surface area contributed by atoms with Crippen LogP contribution in [0.1, 0.15) is 47.0 Å². The maximum atomic E-state index is 2.25. The fourth-order valence-electron chi connectivity index (χ4n) is 1.06. The van der Waals surface area contributed by atoms with Gasteiger partial charge in [-0.15, -0.1) is 0 Å². The van der Waals surface area contributed by atoms with Crippen molar-refractivity contribution in [2.45, 2.75) is 47.0 Å². The van der Waals surface area contributed by atoms with E-state index in [-0.39, 0.29) is 0 Å². The Morgan fingerprint density at radius 2 is 2.00 bits per heavy atom. The minimum Gasteiger partial charge on any atom is -0.0843 e. The Morgan fingerprint density at radius 1 is 1.33 bits per heavy atom. The molecule has 0 nitrogen and oxygen atoms in total. The van der Waals surface area contributed by atoms with Crippen molar-refractivity contribution in [1.82, 2.24) is 0 Å². The summed E-state index contributed by atoms with van der Waals surface area (Å²) in [6.45, 7) is 8.90. The zero-order valence-electron chi connectivity index (χ0n) is 8.93. The van der Waals surface area contributed by atoms with Gasteiger partial charge in [0.1, 0.15) is 0 Å². The summed E-state index contributed by atoms with van der Waals surface area (Å²) >= 11 is 0. The summed E-state index contributed by atoms with van der Waals surface area (Å²) in [6.07, 6.45) is 10.3. The lowest BCUT2D eigenvalue weighted by Gasteiger charge is -1.96. The van der Waals surface area contributed by atoms with Gasteiger partial charge in [-0.25, -0.2) is 0 Å². The SMILES string of the molecule is CCCC(C)=CC=CCC(C)C. The van der Waals surface area contributed by atoms with Crippen LogP contribution >= 0.6 is 0 Å². The molecule has 0 amide bonds. The predicted molar refractivity (Wildman–Crippen MR) is 57.3 cm³/mol. The Kier molecular flexibility index (Phi) is 6.84. The molecule has 0 N–H and O–H groups in total. The van der Waals surface area contributed by atoms with Crippen LogP contribution in [0.3, 0.4) is 0 Å². The fourth-order valence-corrected chi connectivity index (χ4v) is 1.06. The smallest absolute Gasteiger partial charge is 0.0323 e. The van der Waals surface area contributed by atoms with Crippen LogP contribution in [0.2, 0.25) is 0 Å². The van der Waals surface area contributed by atoms with Crippen molar-refractivity contribution in [2.75, 3.05) is 0 Å². The number of hydrogen-bond donors (Lipinski definition) is 0. The van der Waals surface area contributed by atoms with Crippen molar-refractivity contribution in [2.24, 2.45) is 5.92 Å². The maximum absolute atomic E-state index is 2.25. The lowest BCUT2D eigenvalue weighted by Crippen LogP contribution is -1.80. The first kappa shape index (κ1) is 11.5. The molecule has 0 radical (unpaired) electrons. The van der Waals surface area contributed by atoms with Gasteiger partial charge in [0.2, 0.25) is 0 Å². The fraction of sp³-hybridized carbons (Fsp3) is 0.667. The summed E-state index contributed by atoms with van der Waals surface area (Å²) < 4.78 is 0. The van der Waals surface area contributed by atoms with Gasteiger partial charge >= 0.3 is 0 Å². The molecule has 70 valence electrons. The third-order valence-electron chi connectivity index (χ3n) is 1.77. The number of allylic oxidation sites excluding steroid dienone is 4. The number of rotatable bonds is 5. The van der Waals surface area contributed by atoms with Gasteiger partial charge in [-0.3, -0.25) is 0 Å². The third-order valence-corrected chi connectivity index (χ3v) is 1.77. The second-order valence-electron chi connectivity index (χ2n) is 3.82. The summed E-state index contributed by atoms with van der Waals surface area (Å²) in [5.41, 5.74) is 1.48. The Labute approximate surface area is 77.4 Å². The van der Waals surface area contributed by atoms with Crippen molar-refractivity contribution in [3.63, 3.8) is 0 Å². The van der Waals surface area contributed by atoms with Crippen LogP contribution in [0.4, 0.5) is 0 Å². The highest BCUT2D eigenvalue weighted by atomic mass is 13.9. The van der Waals surface area contributed by atoms with Crippen molar-refractivity contribution in [1.29, 1.82) is 0 Å². The van der Waals surface area contributed by atoms with Gasteiger partial charge in [-0.05, 0) is 25.7 Å². The third kappa shape index (κ3) is 7.59. The first-order chi connectivity index (χ1) is 5.66. The molecule has 0 spiro atoms. The van der Waals surface area contributed by atoms with E-state index in [1.54, 1.807) is 0 Å². The minimum atomic E-state index is 0.779. The average Bonchev–Trinajstić information content (AvgIpc) is 1.98. The van der Waals surface area contributed by atoms with Crippen LogP contribution in [0, 0.1) is 5.92 Å². The summed E-state index contributed by atoms with van der Waals surface area (Å²) in [5.74, 6) is 0.779. The second-order valence-corrected chi connectivity index (χ2v) is 3.82. The lowest BCUT2D eigenvalue weighted by molar-refractivity contribution is 0.664. The van der Waals surface area contributed by atoms with Crippen LogP contribution in [0.25, 0.3) is 0 Å². The molecule has 0 aliphatic carbocycles. The van der Waals surface area contributed by atoms with Gasteiger partial charge in [-0.2, -0.15) is 0 Å². The quantitative estimate of drug-likeness (QED) is 0.533. The minimum absolute atomic E-state index is 0.779. The molecule has 0 aromatic carbocycles. The van der Waals surface area contributed by atoms with Crippen molar-refractivity contribution in [3.8, 4) is 0 Å². The summed E-state index contributed by atoms with van der Waals surface area (Å²) in [5, 5.41) is 0. The summed E-state index contributed by atoms with van der Waals surface area (Å²) in [4.78, 5) is 0. The molecule has 0 saturated heterocycles. The van der Waals surface area contributed by atoms with Crippen LogP contribution in [0.15, 0.2) is 23.8 Å². The molecular formula is C12H22. The van der Waals surface area contributed by atoms with E-state index >= 15 is 0 Å². The largest absolute Gasteiger partial charge is 0.0843 e. The number of hydrogen-bond acceptors (Lipinski definition) is 0. The van der Waals surface area contributed by atoms with E-state index in [1.165, 1.54) is 24.8 Å². The van der Waals surface area contributed by atoms with Crippen molar-refractivity contribution in [3.05, 3.63) is 23.8 Å². The molecule has 0 aliphatic heterocycles. The van der Waals surface area contributed by atoms with Gasteiger partial charge in [0.25, 0.3) is 0 Å². The molecule has 0 aromatic rings. The maximum Gasteiger partial charge on any atom is -0.0323 e. The van der Waals surface area contributed by atoms with Gasteiger partial charge in [-0.1, -0.05) is 51.0 Å². The monoisotopic (exact) mass is 166 g/mol. The topological polar surface area (TPSA) is 0 Å². The molecule has 0 aromatic heterocycles. The molecular weight excluding hydrogens is 144 g/mol. The first-order valence-electron chi connectivity index (χ1n) is 4.99. The molecule has 0 fully saturated rings. The molecule has 0 atom stereocenters. The molecule has 0 unspecified atom stereocenters. The first-order valence-corrected chi connectivity index (χ1v) is 4.99. The Bertz CT molecular complexity index is 149. The van der Waals surface area contributed by atoms with Crippen LogP contribution in [-0.2, 0) is 0 Å². The van der Waals surface area contributed by atoms with Crippen LogP contribution in [0.5, 0.6) is 0 Å².